The lowest BCUT2D eigenvalue weighted by Crippen LogP contribution is -2.14. The van der Waals surface area contributed by atoms with Crippen molar-refractivity contribution in [2.75, 3.05) is 19.0 Å². The third kappa shape index (κ3) is 6.29. The fraction of sp³-hybridized carbons (Fsp3) is 0.261. The molecule has 12 heteroatoms. The van der Waals surface area contributed by atoms with E-state index in [0.29, 0.717) is 22.8 Å². The number of carbonyl (C=O) groups is 3. The van der Waals surface area contributed by atoms with Crippen molar-refractivity contribution in [1.82, 2.24) is 0 Å². The van der Waals surface area contributed by atoms with Crippen LogP contribution in [0.15, 0.2) is 28.7 Å². The molecule has 2 heterocycles. The van der Waals surface area contributed by atoms with Crippen molar-refractivity contribution in [3.63, 3.8) is 0 Å². The Morgan fingerprint density at radius 3 is 2.40 bits per heavy atom. The van der Waals surface area contributed by atoms with Gasteiger partial charge in [-0.15, -0.1) is 11.3 Å². The third-order valence-electron chi connectivity index (χ3n) is 4.59. The predicted molar refractivity (Wildman–Crippen MR) is 133 cm³/mol. The maximum absolute atomic E-state index is 12.8. The van der Waals surface area contributed by atoms with E-state index >= 15 is 0 Å². The molecule has 0 spiro atoms. The van der Waals surface area contributed by atoms with Gasteiger partial charge in [-0.1, -0.05) is 41.7 Å². The average molecular weight is 561 g/mol. The summed E-state index contributed by atoms with van der Waals surface area (Å²) >= 11 is 19.0. The Balaban J connectivity index is 1.78. The number of esters is 2. The van der Waals surface area contributed by atoms with Gasteiger partial charge in [0.2, 0.25) is 0 Å². The summed E-state index contributed by atoms with van der Waals surface area (Å²) in [6.07, 6.45) is 0.615. The normalized spacial score (nSPS) is 10.7. The zero-order valence-electron chi connectivity index (χ0n) is 18.8. The largest absolute Gasteiger partial charge is 0.483 e. The molecule has 0 fully saturated rings. The van der Waals surface area contributed by atoms with E-state index in [2.05, 4.69) is 5.32 Å². The molecule has 1 aromatic carbocycles. The van der Waals surface area contributed by atoms with Crippen LogP contribution >= 0.6 is 46.1 Å². The molecule has 3 aromatic rings. The van der Waals surface area contributed by atoms with Gasteiger partial charge >= 0.3 is 11.9 Å². The van der Waals surface area contributed by atoms with E-state index in [4.69, 9.17) is 53.4 Å². The highest BCUT2D eigenvalue weighted by atomic mass is 35.5. The van der Waals surface area contributed by atoms with Gasteiger partial charge in [0.15, 0.2) is 11.5 Å². The van der Waals surface area contributed by atoms with Gasteiger partial charge in [-0.2, -0.15) is 0 Å². The summed E-state index contributed by atoms with van der Waals surface area (Å²) in [5.74, 6) is -1.43. The number of carbonyl (C=O) groups excluding carboxylic acids is 3. The van der Waals surface area contributed by atoms with Crippen LogP contribution in [0.1, 0.15) is 55.3 Å². The molecule has 0 bridgehead atoms. The molecule has 0 aliphatic rings. The fourth-order valence-electron chi connectivity index (χ4n) is 2.95. The van der Waals surface area contributed by atoms with Crippen molar-refractivity contribution >= 4 is 69.0 Å². The lowest BCUT2D eigenvalue weighted by atomic mass is 10.1. The molecule has 2 aromatic heterocycles. The van der Waals surface area contributed by atoms with Crippen LogP contribution < -0.4 is 10.1 Å². The van der Waals surface area contributed by atoms with E-state index in [1.807, 2.05) is 6.92 Å². The first-order chi connectivity index (χ1) is 16.7. The molecule has 186 valence electrons. The second-order valence-electron chi connectivity index (χ2n) is 7.10. The second kappa shape index (κ2) is 11.8. The van der Waals surface area contributed by atoms with Gasteiger partial charge in [0.1, 0.15) is 22.2 Å². The molecule has 0 unspecified atom stereocenters. The van der Waals surface area contributed by atoms with E-state index in [0.717, 1.165) is 11.3 Å². The van der Waals surface area contributed by atoms with E-state index < -0.39 is 17.8 Å². The Kier molecular flexibility index (Phi) is 9.07. The molecule has 0 atom stereocenters. The lowest BCUT2D eigenvalue weighted by Gasteiger charge is -2.09. The molecular weight excluding hydrogens is 541 g/mol. The highest BCUT2D eigenvalue weighted by Crippen LogP contribution is 2.37. The Morgan fingerprint density at radius 1 is 1.09 bits per heavy atom. The summed E-state index contributed by atoms with van der Waals surface area (Å²) in [5.41, 5.74) is 0.433. The monoisotopic (exact) mass is 559 g/mol. The van der Waals surface area contributed by atoms with Gasteiger partial charge in [-0.05, 0) is 43.2 Å². The average Bonchev–Trinajstić information content (AvgIpc) is 3.41. The second-order valence-corrected chi connectivity index (χ2v) is 9.37. The van der Waals surface area contributed by atoms with Crippen molar-refractivity contribution in [3.8, 4) is 5.75 Å². The van der Waals surface area contributed by atoms with Crippen LogP contribution in [0, 0.1) is 6.92 Å². The summed E-state index contributed by atoms with van der Waals surface area (Å²) in [5, 5.41) is 3.57. The van der Waals surface area contributed by atoms with E-state index in [-0.39, 0.29) is 50.2 Å². The minimum atomic E-state index is -0.656. The maximum Gasteiger partial charge on any atom is 0.348 e. The smallest absolute Gasteiger partial charge is 0.348 e. The number of ether oxygens (including phenoxy) is 3. The molecule has 0 radical (unpaired) electrons. The Bertz CT molecular complexity index is 1250. The molecule has 1 amide bonds. The number of rotatable bonds is 9. The number of hydrogen-bond donors (Lipinski definition) is 1. The van der Waals surface area contributed by atoms with Crippen LogP contribution in [0.5, 0.6) is 5.75 Å². The van der Waals surface area contributed by atoms with E-state index in [1.54, 1.807) is 13.0 Å². The lowest BCUT2D eigenvalue weighted by molar-refractivity contribution is 0.0506. The van der Waals surface area contributed by atoms with Crippen LogP contribution in [0.4, 0.5) is 5.00 Å². The Labute approximate surface area is 220 Å². The van der Waals surface area contributed by atoms with Crippen LogP contribution in [-0.4, -0.2) is 31.6 Å². The zero-order valence-corrected chi connectivity index (χ0v) is 21.9. The number of anilines is 1. The fourth-order valence-corrected chi connectivity index (χ4v) is 4.99. The number of hydrogen-bond acceptors (Lipinski definition) is 8. The molecule has 0 saturated heterocycles. The molecule has 0 aliphatic carbocycles. The van der Waals surface area contributed by atoms with E-state index in [1.165, 1.54) is 25.3 Å². The quantitative estimate of drug-likeness (QED) is 0.287. The van der Waals surface area contributed by atoms with Crippen LogP contribution in [0.25, 0.3) is 0 Å². The summed E-state index contributed by atoms with van der Waals surface area (Å²) < 4.78 is 21.2. The van der Waals surface area contributed by atoms with Crippen molar-refractivity contribution in [2.45, 2.75) is 26.9 Å². The molecule has 1 N–H and O–H groups in total. The van der Waals surface area contributed by atoms with Crippen molar-refractivity contribution < 1.29 is 33.0 Å². The minimum Gasteiger partial charge on any atom is -0.483 e. The highest BCUT2D eigenvalue weighted by molar-refractivity contribution is 7.18. The topological polar surface area (TPSA) is 104 Å². The van der Waals surface area contributed by atoms with Gasteiger partial charge in [0.25, 0.3) is 5.91 Å². The number of nitrogens with one attached hydrogen (secondary N) is 1. The number of furan rings is 1. The van der Waals surface area contributed by atoms with Crippen molar-refractivity contribution in [3.05, 3.63) is 66.9 Å². The highest BCUT2D eigenvalue weighted by Gasteiger charge is 2.28. The summed E-state index contributed by atoms with van der Waals surface area (Å²) in [6.45, 7) is 3.56. The Morgan fingerprint density at radius 2 is 1.77 bits per heavy atom. The van der Waals surface area contributed by atoms with Gasteiger partial charge in [0.05, 0.1) is 29.3 Å². The summed E-state index contributed by atoms with van der Waals surface area (Å²) in [4.78, 5) is 37.7. The van der Waals surface area contributed by atoms with Crippen LogP contribution in [0.2, 0.25) is 15.1 Å². The maximum atomic E-state index is 12.8. The first-order valence-corrected chi connectivity index (χ1v) is 12.2. The Hall–Kier alpha value is -2.72. The van der Waals surface area contributed by atoms with Gasteiger partial charge in [-0.25, -0.2) is 9.59 Å². The van der Waals surface area contributed by atoms with Crippen molar-refractivity contribution in [1.29, 1.82) is 0 Å². The van der Waals surface area contributed by atoms with Gasteiger partial charge < -0.3 is 23.9 Å². The molecule has 35 heavy (non-hydrogen) atoms. The summed E-state index contributed by atoms with van der Waals surface area (Å²) in [7, 11) is 1.23. The number of thiophene rings is 1. The number of methoxy groups -OCH3 is 1. The molecule has 3 rings (SSSR count). The number of amides is 1. The van der Waals surface area contributed by atoms with Crippen LogP contribution in [-0.2, 0) is 16.1 Å². The van der Waals surface area contributed by atoms with Crippen LogP contribution in [0.3, 0.4) is 0 Å². The molecule has 8 nitrogen and oxygen atoms in total. The molecule has 0 aliphatic heterocycles. The standard InChI is InChI=1S/C23H20Cl3NO7S/c1-4-7-32-22(29)17-11(2)19(23(30)31-3)35-21(17)27-20(28)16-6-5-13(34-16)10-33-18-14(25)8-12(24)9-15(18)26/h5-6,8-9H,4,7,10H2,1-3H3,(H,27,28). The number of halogens is 3. The molecule has 0 saturated carbocycles. The minimum absolute atomic E-state index is 0.0459. The van der Waals surface area contributed by atoms with E-state index in [9.17, 15) is 14.4 Å². The first-order valence-electron chi connectivity index (χ1n) is 10.2. The predicted octanol–water partition coefficient (Wildman–Crippen LogP) is 6.79. The first kappa shape index (κ1) is 26.9. The third-order valence-corrected chi connectivity index (χ3v) is 6.56. The molecular formula is C23H20Cl3NO7S. The zero-order chi connectivity index (χ0) is 25.7. The number of benzene rings is 1. The van der Waals surface area contributed by atoms with Crippen molar-refractivity contribution in [2.24, 2.45) is 0 Å². The van der Waals surface area contributed by atoms with Gasteiger partial charge in [0, 0.05) is 5.02 Å². The SMILES string of the molecule is CCCOC(=O)c1c(NC(=O)c2ccc(COc3c(Cl)cc(Cl)cc3Cl)o2)sc(C(=O)OC)c1C. The summed E-state index contributed by atoms with van der Waals surface area (Å²) in [6, 6.07) is 5.96. The van der Waals surface area contributed by atoms with Gasteiger partial charge in [-0.3, -0.25) is 4.79 Å².